The molecular formula is C26H23Br2P-. The van der Waals surface area contributed by atoms with Crippen LogP contribution >= 0.6 is 23.2 Å². The maximum atomic E-state index is 3.70. The summed E-state index contributed by atoms with van der Waals surface area (Å²) in [5.74, 6) is 0. The molecule has 4 aromatic carbocycles. The molecule has 0 saturated heterocycles. The third-order valence-corrected chi connectivity index (χ3v) is 10.2. The van der Waals surface area contributed by atoms with Gasteiger partial charge in [0, 0.05) is 11.5 Å². The summed E-state index contributed by atoms with van der Waals surface area (Å²) >= 11 is 3.70. The average Bonchev–Trinajstić information content (AvgIpc) is 2.79. The Morgan fingerprint density at radius 1 is 0.483 bits per heavy atom. The van der Waals surface area contributed by atoms with Crippen molar-refractivity contribution < 1.29 is 17.0 Å². The van der Waals surface area contributed by atoms with Gasteiger partial charge in [-0.05, 0) is 34.3 Å². The summed E-state index contributed by atoms with van der Waals surface area (Å²) < 4.78 is 0. The summed E-state index contributed by atoms with van der Waals surface area (Å²) in [5, 5.41) is 5.16. The first-order valence-electron chi connectivity index (χ1n) is 9.52. The predicted octanol–water partition coefficient (Wildman–Crippen LogP) is 3.08. The molecule has 0 spiro atoms. The van der Waals surface area contributed by atoms with E-state index in [2.05, 4.69) is 131 Å². The Hall–Kier alpha value is -1.73. The van der Waals surface area contributed by atoms with Crippen molar-refractivity contribution >= 4 is 39.1 Å². The molecule has 0 amide bonds. The summed E-state index contributed by atoms with van der Waals surface area (Å²) in [6, 6.07) is 42.1. The standard InChI is InChI=1S/C26H23BrP.BrH/c27-20-22-12-10-11-13-23(22)21-28(24-14-4-1-5-15-24,25-16-6-2-7-17-25)26-18-8-3-9-19-26;/h1-19H,20-21H2;1H/p-1. The van der Waals surface area contributed by atoms with E-state index in [1.54, 1.807) is 0 Å². The highest BCUT2D eigenvalue weighted by atomic mass is 79.9. The third kappa shape index (κ3) is 4.56. The second-order valence-electron chi connectivity index (χ2n) is 6.88. The molecule has 0 unspecified atom stereocenters. The van der Waals surface area contributed by atoms with Gasteiger partial charge >= 0.3 is 0 Å². The lowest BCUT2D eigenvalue weighted by Crippen LogP contribution is -3.00. The van der Waals surface area contributed by atoms with E-state index in [0.29, 0.717) is 0 Å². The van der Waals surface area contributed by atoms with Crippen LogP contribution in [0.25, 0.3) is 0 Å². The molecule has 0 bridgehead atoms. The van der Waals surface area contributed by atoms with Crippen LogP contribution in [0, 0.1) is 0 Å². The van der Waals surface area contributed by atoms with E-state index in [9.17, 15) is 0 Å². The van der Waals surface area contributed by atoms with Crippen molar-refractivity contribution in [2.45, 2.75) is 11.5 Å². The number of benzene rings is 4. The molecule has 147 valence electrons. The zero-order valence-electron chi connectivity index (χ0n) is 16.1. The van der Waals surface area contributed by atoms with Gasteiger partial charge in [-0.2, -0.15) is 0 Å². The van der Waals surface area contributed by atoms with Gasteiger partial charge in [0.25, 0.3) is 0 Å². The third-order valence-electron chi connectivity index (χ3n) is 5.26. The predicted molar refractivity (Wildman–Crippen MR) is 128 cm³/mol. The second-order valence-corrected chi connectivity index (χ2v) is 10.9. The minimum atomic E-state index is -1.84. The fraction of sp³-hybridized carbons (Fsp3) is 0.0769. The van der Waals surface area contributed by atoms with Gasteiger partial charge in [0.2, 0.25) is 0 Å². The van der Waals surface area contributed by atoms with Gasteiger partial charge in [0.1, 0.15) is 0 Å². The Morgan fingerprint density at radius 2 is 0.828 bits per heavy atom. The topological polar surface area (TPSA) is 0 Å². The lowest BCUT2D eigenvalue weighted by atomic mass is 10.1. The van der Waals surface area contributed by atoms with Gasteiger partial charge in [0.15, 0.2) is 0 Å². The van der Waals surface area contributed by atoms with E-state index >= 15 is 0 Å². The van der Waals surface area contributed by atoms with Crippen LogP contribution in [0.15, 0.2) is 115 Å². The van der Waals surface area contributed by atoms with Crippen molar-refractivity contribution in [1.82, 2.24) is 0 Å². The molecule has 0 heterocycles. The van der Waals surface area contributed by atoms with Crippen LogP contribution in [0.1, 0.15) is 11.1 Å². The minimum absolute atomic E-state index is 0. The van der Waals surface area contributed by atoms with Crippen molar-refractivity contribution in [3.63, 3.8) is 0 Å². The summed E-state index contributed by atoms with van der Waals surface area (Å²) in [6.45, 7) is 0. The van der Waals surface area contributed by atoms with Crippen molar-refractivity contribution in [3.8, 4) is 0 Å². The van der Waals surface area contributed by atoms with Crippen molar-refractivity contribution in [2.24, 2.45) is 0 Å². The summed E-state index contributed by atoms with van der Waals surface area (Å²) in [6.07, 6.45) is 1.02. The Morgan fingerprint density at radius 3 is 1.21 bits per heavy atom. The van der Waals surface area contributed by atoms with Crippen LogP contribution in [-0.4, -0.2) is 0 Å². The molecule has 0 nitrogen and oxygen atoms in total. The van der Waals surface area contributed by atoms with E-state index in [1.807, 2.05) is 0 Å². The van der Waals surface area contributed by atoms with Gasteiger partial charge in [-0.3, -0.25) is 0 Å². The van der Waals surface area contributed by atoms with Crippen molar-refractivity contribution in [1.29, 1.82) is 0 Å². The number of hydrogen-bond donors (Lipinski definition) is 0. The lowest BCUT2D eigenvalue weighted by Gasteiger charge is -2.39. The minimum Gasteiger partial charge on any atom is -1.00 e. The van der Waals surface area contributed by atoms with Crippen LogP contribution in [0.5, 0.6) is 0 Å². The van der Waals surface area contributed by atoms with Gasteiger partial charge in [-0.1, -0.05) is 131 Å². The van der Waals surface area contributed by atoms with Crippen molar-refractivity contribution in [2.75, 3.05) is 0 Å². The zero-order chi connectivity index (χ0) is 19.2. The smallest absolute Gasteiger partial charge is 0.0285 e. The largest absolute Gasteiger partial charge is 1.00 e. The lowest BCUT2D eigenvalue weighted by molar-refractivity contribution is -0.00000534. The summed E-state index contributed by atoms with van der Waals surface area (Å²) in [4.78, 5) is 0. The summed E-state index contributed by atoms with van der Waals surface area (Å²) in [5.41, 5.74) is 2.79. The Labute approximate surface area is 193 Å². The number of alkyl halides is 1. The van der Waals surface area contributed by atoms with Gasteiger partial charge in [-0.15, -0.1) is 0 Å². The van der Waals surface area contributed by atoms with E-state index in [1.165, 1.54) is 27.0 Å². The molecule has 0 atom stereocenters. The Kier molecular flexibility index (Phi) is 7.84. The molecule has 29 heavy (non-hydrogen) atoms. The second kappa shape index (κ2) is 10.3. The maximum Gasteiger partial charge on any atom is 0.0285 e. The average molecular weight is 526 g/mol. The first kappa shape index (κ1) is 22.0. The fourth-order valence-electron chi connectivity index (χ4n) is 3.87. The summed E-state index contributed by atoms with van der Waals surface area (Å²) in [7, 11) is -1.84. The Balaban J connectivity index is 0.00000240. The van der Waals surface area contributed by atoms with Gasteiger partial charge < -0.3 is 17.0 Å². The highest BCUT2D eigenvalue weighted by Crippen LogP contribution is 2.58. The molecule has 0 N–H and O–H groups in total. The molecule has 0 fully saturated rings. The van der Waals surface area contributed by atoms with E-state index in [4.69, 9.17) is 0 Å². The quantitative estimate of drug-likeness (QED) is 0.268. The SMILES string of the molecule is BrCc1ccccc1C[P](c1ccccc1)(c1ccccc1)c1ccccc1.[Br-]. The molecule has 3 heteroatoms. The van der Waals surface area contributed by atoms with Crippen molar-refractivity contribution in [3.05, 3.63) is 126 Å². The highest BCUT2D eigenvalue weighted by Gasteiger charge is 2.34. The van der Waals surface area contributed by atoms with Crippen LogP contribution < -0.4 is 32.9 Å². The van der Waals surface area contributed by atoms with Crippen LogP contribution in [0.2, 0.25) is 0 Å². The molecule has 0 aliphatic heterocycles. The molecule has 0 aliphatic carbocycles. The van der Waals surface area contributed by atoms with E-state index in [-0.39, 0.29) is 17.0 Å². The van der Waals surface area contributed by atoms with Gasteiger partial charge in [0.05, 0.1) is 0 Å². The molecule has 1 radical (unpaired) electrons. The van der Waals surface area contributed by atoms with E-state index in [0.717, 1.165) is 11.5 Å². The van der Waals surface area contributed by atoms with E-state index < -0.39 is 7.26 Å². The fourth-order valence-corrected chi connectivity index (χ4v) is 8.72. The number of rotatable bonds is 6. The van der Waals surface area contributed by atoms with Crippen LogP contribution in [-0.2, 0) is 11.5 Å². The normalized spacial score (nSPS) is 10.9. The molecule has 0 saturated carbocycles. The highest BCUT2D eigenvalue weighted by molar-refractivity contribution is 9.08. The molecular weight excluding hydrogens is 503 g/mol. The van der Waals surface area contributed by atoms with Crippen LogP contribution in [0.4, 0.5) is 0 Å². The molecule has 4 aromatic rings. The first-order valence-corrected chi connectivity index (χ1v) is 12.6. The monoisotopic (exact) mass is 524 g/mol. The first-order chi connectivity index (χ1) is 13.8. The Bertz CT molecular complexity index is 921. The molecule has 4 rings (SSSR count). The number of halogens is 2. The maximum absolute atomic E-state index is 3.70. The van der Waals surface area contributed by atoms with Gasteiger partial charge in [-0.25, -0.2) is 0 Å². The number of hydrogen-bond acceptors (Lipinski definition) is 0. The molecule has 0 aromatic heterocycles. The van der Waals surface area contributed by atoms with Crippen LogP contribution in [0.3, 0.4) is 0 Å². The molecule has 0 aliphatic rings. The zero-order valence-corrected chi connectivity index (χ0v) is 20.2.